The highest BCUT2D eigenvalue weighted by Crippen LogP contribution is 2.23. The quantitative estimate of drug-likeness (QED) is 0.248. The van der Waals surface area contributed by atoms with Crippen LogP contribution < -0.4 is 4.72 Å². The van der Waals surface area contributed by atoms with Crippen LogP contribution in [0.3, 0.4) is 0 Å². The summed E-state index contributed by atoms with van der Waals surface area (Å²) in [6.07, 6.45) is 12.2. The summed E-state index contributed by atoms with van der Waals surface area (Å²) in [5.41, 5.74) is 0.433. The first-order chi connectivity index (χ1) is 12.5. The lowest BCUT2D eigenvalue weighted by Crippen LogP contribution is -2.08. The third-order valence-corrected chi connectivity index (χ3v) is 4.84. The number of halogens is 1. The lowest BCUT2D eigenvalue weighted by atomic mass is 10.1. The van der Waals surface area contributed by atoms with Crippen LogP contribution in [0.2, 0.25) is 5.02 Å². The molecular formula is C19H29ClNO4S-. The van der Waals surface area contributed by atoms with E-state index < -0.39 is 17.2 Å². The van der Waals surface area contributed by atoms with Gasteiger partial charge < -0.3 is 14.0 Å². The fourth-order valence-electron chi connectivity index (χ4n) is 2.66. The standard InChI is InChI=1S/C19H30ClNO4S/c1-2-3-4-5-6-7-8-9-10-11-14-25-19(22)16-12-13-17(20)18(15-16)21-26(23)24/h12-13,15,21H,2-11,14H2,1H3,(H,23,24)/p-1. The number of hydrogen-bond donors (Lipinski definition) is 1. The number of unbranched alkanes of at least 4 members (excludes halogenated alkanes) is 9. The minimum absolute atomic E-state index is 0.161. The van der Waals surface area contributed by atoms with Gasteiger partial charge in [0.25, 0.3) is 0 Å². The normalized spacial score (nSPS) is 12.0. The number of carbonyl (C=O) groups is 1. The summed E-state index contributed by atoms with van der Waals surface area (Å²) in [4.78, 5) is 12.0. The molecule has 0 fully saturated rings. The topological polar surface area (TPSA) is 78.5 Å². The van der Waals surface area contributed by atoms with Gasteiger partial charge in [0.05, 0.1) is 22.9 Å². The third kappa shape index (κ3) is 10.1. The summed E-state index contributed by atoms with van der Waals surface area (Å²) in [5, 5.41) is 0.223. The Balaban J connectivity index is 2.16. The van der Waals surface area contributed by atoms with Crippen molar-refractivity contribution in [3.63, 3.8) is 0 Å². The average molecular weight is 403 g/mol. The van der Waals surface area contributed by atoms with E-state index in [0.29, 0.717) is 6.61 Å². The van der Waals surface area contributed by atoms with E-state index >= 15 is 0 Å². The highest BCUT2D eigenvalue weighted by atomic mass is 35.5. The van der Waals surface area contributed by atoms with Gasteiger partial charge in [0, 0.05) is 11.3 Å². The maximum absolute atomic E-state index is 12.0. The fourth-order valence-corrected chi connectivity index (χ4v) is 3.23. The van der Waals surface area contributed by atoms with Gasteiger partial charge in [-0.05, 0) is 24.6 Å². The fraction of sp³-hybridized carbons (Fsp3) is 0.632. The van der Waals surface area contributed by atoms with Crippen LogP contribution in [-0.4, -0.2) is 21.3 Å². The molecule has 0 spiro atoms. The van der Waals surface area contributed by atoms with Crippen molar-refractivity contribution in [2.24, 2.45) is 0 Å². The SMILES string of the molecule is CCCCCCCCCCCCOC(=O)c1ccc(Cl)c(NS(=O)[O-])c1. The van der Waals surface area contributed by atoms with E-state index in [-0.39, 0.29) is 16.3 Å². The smallest absolute Gasteiger partial charge is 0.338 e. The minimum atomic E-state index is -2.50. The van der Waals surface area contributed by atoms with Crippen LogP contribution in [0.15, 0.2) is 18.2 Å². The first kappa shape index (κ1) is 22.9. The molecule has 148 valence electrons. The Labute approximate surface area is 164 Å². The Bertz CT molecular complexity index is 568. The summed E-state index contributed by atoms with van der Waals surface area (Å²) in [6.45, 7) is 2.60. The number of hydrogen-bond acceptors (Lipinski definition) is 4. The monoisotopic (exact) mass is 402 g/mol. The summed E-state index contributed by atoms with van der Waals surface area (Å²) in [7, 11) is 0. The lowest BCUT2D eigenvalue weighted by molar-refractivity contribution is 0.0497. The van der Waals surface area contributed by atoms with Crippen molar-refractivity contribution in [1.29, 1.82) is 0 Å². The van der Waals surface area contributed by atoms with Crippen LogP contribution in [0, 0.1) is 0 Å². The summed E-state index contributed by atoms with van der Waals surface area (Å²) >= 11 is 3.38. The maximum atomic E-state index is 12.0. The number of ether oxygens (including phenoxy) is 1. The van der Waals surface area contributed by atoms with E-state index in [1.54, 1.807) is 0 Å². The predicted octanol–water partition coefficient (Wildman–Crippen LogP) is 5.62. The summed E-state index contributed by atoms with van der Waals surface area (Å²) < 4.78 is 28.8. The molecule has 1 rings (SSSR count). The van der Waals surface area contributed by atoms with Gasteiger partial charge in [0.1, 0.15) is 0 Å². The number of benzene rings is 1. The molecule has 1 unspecified atom stereocenters. The lowest BCUT2D eigenvalue weighted by Gasteiger charge is -2.11. The Morgan fingerprint density at radius 3 is 2.23 bits per heavy atom. The Hall–Kier alpha value is -1.11. The van der Waals surface area contributed by atoms with E-state index in [9.17, 15) is 13.6 Å². The minimum Gasteiger partial charge on any atom is -0.755 e. The molecule has 1 N–H and O–H groups in total. The van der Waals surface area contributed by atoms with Gasteiger partial charge in [-0.25, -0.2) is 4.79 Å². The molecule has 0 aromatic heterocycles. The van der Waals surface area contributed by atoms with Gasteiger partial charge in [-0.15, -0.1) is 0 Å². The van der Waals surface area contributed by atoms with Gasteiger partial charge in [-0.2, -0.15) is 0 Å². The second-order valence-electron chi connectivity index (χ2n) is 6.35. The van der Waals surface area contributed by atoms with Crippen molar-refractivity contribution in [3.05, 3.63) is 28.8 Å². The maximum Gasteiger partial charge on any atom is 0.338 e. The zero-order valence-electron chi connectivity index (χ0n) is 15.4. The molecule has 0 saturated heterocycles. The number of rotatable bonds is 14. The zero-order chi connectivity index (χ0) is 19.2. The third-order valence-electron chi connectivity index (χ3n) is 4.13. The van der Waals surface area contributed by atoms with Crippen molar-refractivity contribution < 1.29 is 18.3 Å². The van der Waals surface area contributed by atoms with Crippen LogP contribution in [0.1, 0.15) is 81.5 Å². The van der Waals surface area contributed by atoms with Crippen LogP contribution in [0.5, 0.6) is 0 Å². The predicted molar refractivity (Wildman–Crippen MR) is 106 cm³/mol. The van der Waals surface area contributed by atoms with Crippen LogP contribution in [-0.2, 0) is 16.0 Å². The number of nitrogens with one attached hydrogen (secondary N) is 1. The van der Waals surface area contributed by atoms with Crippen molar-refractivity contribution in [2.45, 2.75) is 71.1 Å². The molecule has 0 bridgehead atoms. The number of anilines is 1. The number of carbonyl (C=O) groups excluding carboxylic acids is 1. The van der Waals surface area contributed by atoms with E-state index in [1.165, 1.54) is 63.1 Å². The van der Waals surface area contributed by atoms with E-state index in [4.69, 9.17) is 16.3 Å². The molecule has 7 heteroatoms. The molecule has 0 amide bonds. The van der Waals surface area contributed by atoms with Crippen LogP contribution in [0.4, 0.5) is 5.69 Å². The van der Waals surface area contributed by atoms with Gasteiger partial charge in [-0.3, -0.25) is 4.21 Å². The van der Waals surface area contributed by atoms with Gasteiger partial charge in [-0.1, -0.05) is 76.3 Å². The van der Waals surface area contributed by atoms with Crippen molar-refractivity contribution in [3.8, 4) is 0 Å². The van der Waals surface area contributed by atoms with Crippen LogP contribution >= 0.6 is 11.6 Å². The highest BCUT2D eigenvalue weighted by Gasteiger charge is 2.10. The Kier molecular flexibility index (Phi) is 12.4. The largest absolute Gasteiger partial charge is 0.755 e. The van der Waals surface area contributed by atoms with Gasteiger partial charge in [0.15, 0.2) is 0 Å². The van der Waals surface area contributed by atoms with E-state index in [2.05, 4.69) is 11.6 Å². The average Bonchev–Trinajstić information content (AvgIpc) is 2.61. The van der Waals surface area contributed by atoms with Crippen molar-refractivity contribution in [2.75, 3.05) is 11.3 Å². The Morgan fingerprint density at radius 1 is 1.08 bits per heavy atom. The molecular weight excluding hydrogens is 374 g/mol. The van der Waals surface area contributed by atoms with Gasteiger partial charge in [0.2, 0.25) is 0 Å². The van der Waals surface area contributed by atoms with E-state index in [0.717, 1.165) is 19.3 Å². The summed E-state index contributed by atoms with van der Waals surface area (Å²) in [5.74, 6) is -0.475. The van der Waals surface area contributed by atoms with Gasteiger partial charge >= 0.3 is 5.97 Å². The molecule has 0 aliphatic heterocycles. The zero-order valence-corrected chi connectivity index (χ0v) is 17.0. The molecule has 5 nitrogen and oxygen atoms in total. The molecule has 0 aliphatic rings. The molecule has 0 aliphatic carbocycles. The molecule has 1 atom stereocenters. The van der Waals surface area contributed by atoms with Crippen LogP contribution in [0.25, 0.3) is 0 Å². The second kappa shape index (κ2) is 14.0. The number of esters is 1. The Morgan fingerprint density at radius 2 is 1.65 bits per heavy atom. The molecule has 1 aromatic rings. The molecule has 0 heterocycles. The summed E-state index contributed by atoms with van der Waals surface area (Å²) in [6, 6.07) is 4.36. The molecule has 1 aromatic carbocycles. The molecule has 0 saturated carbocycles. The van der Waals surface area contributed by atoms with E-state index in [1.807, 2.05) is 0 Å². The first-order valence-corrected chi connectivity index (χ1v) is 10.8. The van der Waals surface area contributed by atoms with Crippen molar-refractivity contribution in [1.82, 2.24) is 0 Å². The molecule has 26 heavy (non-hydrogen) atoms. The van der Waals surface area contributed by atoms with Crippen molar-refractivity contribution >= 4 is 34.5 Å². The first-order valence-electron chi connectivity index (χ1n) is 9.37. The molecule has 0 radical (unpaired) electrons. The second-order valence-corrected chi connectivity index (χ2v) is 7.43. The highest BCUT2D eigenvalue weighted by molar-refractivity contribution is 7.80.